The van der Waals surface area contributed by atoms with Crippen molar-refractivity contribution in [1.82, 2.24) is 14.7 Å². The first-order valence-corrected chi connectivity index (χ1v) is 8.15. The molecule has 23 heavy (non-hydrogen) atoms. The van der Waals surface area contributed by atoms with Crippen LogP contribution < -0.4 is 5.32 Å². The van der Waals surface area contributed by atoms with E-state index in [0.29, 0.717) is 0 Å². The average Bonchev–Trinajstić information content (AvgIpc) is 3.10. The Morgan fingerprint density at radius 1 is 1.30 bits per heavy atom. The molecule has 0 unspecified atom stereocenters. The molecule has 3 rings (SSSR count). The fraction of sp³-hybridized carbons (Fsp3) is 0.444. The Kier molecular flexibility index (Phi) is 4.76. The number of carbonyl (C=O) groups is 1. The molecule has 0 aliphatic carbocycles. The summed E-state index contributed by atoms with van der Waals surface area (Å²) in [7, 11) is 1.97. The molecule has 1 aromatic heterocycles. The maximum absolute atomic E-state index is 11.0. The smallest absolute Gasteiger partial charge is 0.221 e. The zero-order chi connectivity index (χ0) is 16.2. The lowest BCUT2D eigenvalue weighted by Gasteiger charge is -2.16. The number of hydrogen-bond donors (Lipinski definition) is 1. The van der Waals surface area contributed by atoms with Crippen LogP contribution >= 0.6 is 0 Å². The van der Waals surface area contributed by atoms with E-state index in [-0.39, 0.29) is 5.91 Å². The molecule has 1 aliphatic rings. The van der Waals surface area contributed by atoms with Gasteiger partial charge in [0.15, 0.2) is 0 Å². The molecule has 0 saturated carbocycles. The Morgan fingerprint density at radius 3 is 2.74 bits per heavy atom. The molecule has 2 heterocycles. The first-order chi connectivity index (χ1) is 11.1. The largest absolute Gasteiger partial charge is 0.326 e. The van der Waals surface area contributed by atoms with E-state index in [1.807, 2.05) is 30.1 Å². The Bertz CT molecular complexity index is 662. The standard InChI is InChI=1S/C18H24N4O/c1-14(23)20-18-5-3-15(4-6-18)12-22-8-7-16(13-22)9-17-10-19-21(2)11-17/h3-6,10-11,16H,7-9,12-13H2,1-2H3,(H,20,23)/t16-/m1/s1. The molecular weight excluding hydrogens is 288 g/mol. The summed E-state index contributed by atoms with van der Waals surface area (Å²) in [4.78, 5) is 13.5. The molecule has 1 fully saturated rings. The number of nitrogens with one attached hydrogen (secondary N) is 1. The summed E-state index contributed by atoms with van der Waals surface area (Å²) in [5.41, 5.74) is 3.48. The van der Waals surface area contributed by atoms with E-state index in [1.54, 1.807) is 0 Å². The van der Waals surface area contributed by atoms with E-state index >= 15 is 0 Å². The van der Waals surface area contributed by atoms with Crippen LogP contribution in [-0.2, 0) is 24.8 Å². The van der Waals surface area contributed by atoms with Crippen molar-refractivity contribution in [2.75, 3.05) is 18.4 Å². The molecule has 2 aromatic rings. The van der Waals surface area contributed by atoms with E-state index in [0.717, 1.165) is 37.7 Å². The summed E-state index contributed by atoms with van der Waals surface area (Å²) in [6, 6.07) is 8.14. The van der Waals surface area contributed by atoms with E-state index in [4.69, 9.17) is 0 Å². The third-order valence-electron chi connectivity index (χ3n) is 4.33. The average molecular weight is 312 g/mol. The highest BCUT2D eigenvalue weighted by Gasteiger charge is 2.23. The number of hydrogen-bond acceptors (Lipinski definition) is 3. The molecule has 5 heteroatoms. The van der Waals surface area contributed by atoms with E-state index in [2.05, 4.69) is 33.6 Å². The van der Waals surface area contributed by atoms with Crippen molar-refractivity contribution in [3.05, 3.63) is 47.8 Å². The molecule has 1 N–H and O–H groups in total. The van der Waals surface area contributed by atoms with Crippen LogP contribution in [0.2, 0.25) is 0 Å². The minimum absolute atomic E-state index is 0.0319. The first-order valence-electron chi connectivity index (χ1n) is 8.15. The third kappa shape index (κ3) is 4.42. The van der Waals surface area contributed by atoms with Gasteiger partial charge in [-0.05, 0) is 48.6 Å². The highest BCUT2D eigenvalue weighted by atomic mass is 16.1. The quantitative estimate of drug-likeness (QED) is 0.922. The number of carbonyl (C=O) groups excluding carboxylic acids is 1. The summed E-state index contributed by atoms with van der Waals surface area (Å²) in [6.07, 6.45) is 6.46. The minimum atomic E-state index is -0.0319. The van der Waals surface area contributed by atoms with E-state index in [1.165, 1.54) is 24.5 Å². The molecule has 122 valence electrons. The highest BCUT2D eigenvalue weighted by Crippen LogP contribution is 2.22. The van der Waals surface area contributed by atoms with Crippen LogP contribution in [0.25, 0.3) is 0 Å². The zero-order valence-corrected chi connectivity index (χ0v) is 13.8. The van der Waals surface area contributed by atoms with E-state index < -0.39 is 0 Å². The second kappa shape index (κ2) is 6.96. The van der Waals surface area contributed by atoms with Crippen LogP contribution in [-0.4, -0.2) is 33.7 Å². The predicted molar refractivity (Wildman–Crippen MR) is 91.0 cm³/mol. The van der Waals surface area contributed by atoms with Gasteiger partial charge in [0.2, 0.25) is 5.91 Å². The van der Waals surface area contributed by atoms with Gasteiger partial charge < -0.3 is 5.32 Å². The fourth-order valence-electron chi connectivity index (χ4n) is 3.29. The molecule has 1 amide bonds. The van der Waals surface area contributed by atoms with Crippen molar-refractivity contribution in [1.29, 1.82) is 0 Å². The van der Waals surface area contributed by atoms with Crippen molar-refractivity contribution in [2.45, 2.75) is 26.3 Å². The number of likely N-dealkylation sites (tertiary alicyclic amines) is 1. The van der Waals surface area contributed by atoms with E-state index in [9.17, 15) is 4.79 Å². The summed E-state index contributed by atoms with van der Waals surface area (Å²) < 4.78 is 1.87. The zero-order valence-electron chi connectivity index (χ0n) is 13.8. The molecule has 5 nitrogen and oxygen atoms in total. The van der Waals surface area contributed by atoms with Gasteiger partial charge in [0.1, 0.15) is 0 Å². The van der Waals surface area contributed by atoms with Gasteiger partial charge in [0, 0.05) is 38.9 Å². The number of amides is 1. The van der Waals surface area contributed by atoms with Crippen molar-refractivity contribution in [3.63, 3.8) is 0 Å². The second-order valence-corrected chi connectivity index (χ2v) is 6.49. The maximum atomic E-state index is 11.0. The van der Waals surface area contributed by atoms with Gasteiger partial charge in [-0.3, -0.25) is 14.4 Å². The molecule has 0 radical (unpaired) electrons. The van der Waals surface area contributed by atoms with Crippen LogP contribution in [0.15, 0.2) is 36.7 Å². The van der Waals surface area contributed by atoms with Gasteiger partial charge >= 0.3 is 0 Å². The van der Waals surface area contributed by atoms with Crippen LogP contribution in [0.5, 0.6) is 0 Å². The van der Waals surface area contributed by atoms with Crippen LogP contribution in [0.3, 0.4) is 0 Å². The molecule has 0 spiro atoms. The lowest BCUT2D eigenvalue weighted by atomic mass is 10.0. The number of benzene rings is 1. The Hall–Kier alpha value is -2.14. The summed E-state index contributed by atoms with van der Waals surface area (Å²) >= 11 is 0. The van der Waals surface area contributed by atoms with Crippen LogP contribution in [0.4, 0.5) is 5.69 Å². The topological polar surface area (TPSA) is 50.2 Å². The van der Waals surface area contributed by atoms with Gasteiger partial charge in [-0.1, -0.05) is 12.1 Å². The van der Waals surface area contributed by atoms with Gasteiger partial charge in [-0.25, -0.2) is 0 Å². The Balaban J connectivity index is 1.50. The SMILES string of the molecule is CC(=O)Nc1ccc(CN2CC[C@H](Cc3cnn(C)c3)C2)cc1. The summed E-state index contributed by atoms with van der Waals surface area (Å²) in [6.45, 7) is 4.80. The van der Waals surface area contributed by atoms with Gasteiger partial charge in [-0.15, -0.1) is 0 Å². The van der Waals surface area contributed by atoms with Crippen LogP contribution in [0.1, 0.15) is 24.5 Å². The van der Waals surface area contributed by atoms with Crippen molar-refractivity contribution in [3.8, 4) is 0 Å². The Labute approximate surface area is 137 Å². The highest BCUT2D eigenvalue weighted by molar-refractivity contribution is 5.88. The molecular formula is C18H24N4O. The van der Waals surface area contributed by atoms with Crippen molar-refractivity contribution >= 4 is 11.6 Å². The lowest BCUT2D eigenvalue weighted by molar-refractivity contribution is -0.114. The first kappa shape index (κ1) is 15.7. The number of rotatable bonds is 5. The maximum Gasteiger partial charge on any atom is 0.221 e. The summed E-state index contributed by atoms with van der Waals surface area (Å²) in [5, 5.41) is 7.05. The molecule has 1 atom stereocenters. The minimum Gasteiger partial charge on any atom is -0.326 e. The van der Waals surface area contributed by atoms with Gasteiger partial charge in [0.05, 0.1) is 6.20 Å². The summed E-state index contributed by atoms with van der Waals surface area (Å²) in [5.74, 6) is 0.688. The Morgan fingerprint density at radius 2 is 2.09 bits per heavy atom. The van der Waals surface area contributed by atoms with Crippen LogP contribution in [0, 0.1) is 5.92 Å². The number of nitrogens with zero attached hydrogens (tertiary/aromatic N) is 3. The predicted octanol–water partition coefficient (Wildman–Crippen LogP) is 2.44. The van der Waals surface area contributed by atoms with Gasteiger partial charge in [-0.2, -0.15) is 5.10 Å². The molecule has 1 saturated heterocycles. The number of aryl methyl sites for hydroxylation is 1. The monoisotopic (exact) mass is 312 g/mol. The molecule has 0 bridgehead atoms. The fourth-order valence-corrected chi connectivity index (χ4v) is 3.29. The molecule has 1 aliphatic heterocycles. The number of aromatic nitrogens is 2. The normalized spacial score (nSPS) is 18.3. The third-order valence-corrected chi connectivity index (χ3v) is 4.33. The van der Waals surface area contributed by atoms with Crippen molar-refractivity contribution < 1.29 is 4.79 Å². The number of anilines is 1. The molecule has 1 aromatic carbocycles. The second-order valence-electron chi connectivity index (χ2n) is 6.49. The van der Waals surface area contributed by atoms with Crippen molar-refractivity contribution in [2.24, 2.45) is 13.0 Å². The lowest BCUT2D eigenvalue weighted by Crippen LogP contribution is -2.20. The van der Waals surface area contributed by atoms with Gasteiger partial charge in [0.25, 0.3) is 0 Å².